The van der Waals surface area contributed by atoms with Gasteiger partial charge in [0.1, 0.15) is 0 Å². The normalized spacial score (nSPS) is 25.1. The summed E-state index contributed by atoms with van der Waals surface area (Å²) in [5.74, 6) is -3.86. The maximum absolute atomic E-state index is 11.8. The number of nitrogens with two attached hydrogens (primary N) is 1. The van der Waals surface area contributed by atoms with Crippen LogP contribution < -0.4 is 5.73 Å². The molecule has 0 bridgehead atoms. The Morgan fingerprint density at radius 3 is 2.47 bits per heavy atom. The molecule has 0 amide bonds. The molecule has 8 heteroatoms. The van der Waals surface area contributed by atoms with Crippen LogP contribution in [-0.2, 0) is 14.3 Å². The molecule has 2 fully saturated rings. The minimum Gasteiger partial charge on any atom is -0.383 e. The summed E-state index contributed by atoms with van der Waals surface area (Å²) in [7, 11) is 0. The van der Waals surface area contributed by atoms with Gasteiger partial charge in [-0.25, -0.2) is 9.59 Å². The molecule has 1 spiro atoms. The second kappa shape index (κ2) is 4.52. The van der Waals surface area contributed by atoms with E-state index in [9.17, 15) is 22.8 Å². The van der Waals surface area contributed by atoms with Gasteiger partial charge >= 0.3 is 18.1 Å². The molecule has 2 N–H and O–H groups in total. The van der Waals surface area contributed by atoms with Crippen molar-refractivity contribution in [2.75, 3.05) is 13.1 Å². The van der Waals surface area contributed by atoms with Gasteiger partial charge in [-0.15, -0.1) is 0 Å². The summed E-state index contributed by atoms with van der Waals surface area (Å²) in [5, 5.41) is 0. The fraction of sp³-hybridized carbons (Fsp3) is 0.636. The number of hydrogen-bond acceptors (Lipinski definition) is 5. The van der Waals surface area contributed by atoms with Crippen LogP contribution in [0.1, 0.15) is 12.8 Å². The summed E-state index contributed by atoms with van der Waals surface area (Å²) in [4.78, 5) is 23.2. The lowest BCUT2D eigenvalue weighted by Crippen LogP contribution is -2.30. The molecule has 1 atom stereocenters. The van der Waals surface area contributed by atoms with Crippen LogP contribution in [0.4, 0.5) is 13.2 Å². The Balaban J connectivity index is 1.83. The molecular weight excluding hydrogens is 265 g/mol. The third-order valence-corrected chi connectivity index (χ3v) is 3.47. The van der Waals surface area contributed by atoms with Gasteiger partial charge < -0.3 is 15.4 Å². The van der Waals surface area contributed by atoms with Crippen LogP contribution in [0.3, 0.4) is 0 Å². The van der Waals surface area contributed by atoms with Crippen molar-refractivity contribution in [3.8, 4) is 0 Å². The minimum absolute atomic E-state index is 0.00461. The number of hydrogen-bond donors (Lipinski definition) is 1. The molecule has 0 aromatic heterocycles. The van der Waals surface area contributed by atoms with E-state index in [0.29, 0.717) is 13.1 Å². The number of alkyl halides is 3. The molecule has 5 nitrogen and oxygen atoms in total. The summed E-state index contributed by atoms with van der Waals surface area (Å²) in [6.07, 6.45) is -1.00. The van der Waals surface area contributed by atoms with Gasteiger partial charge in [0, 0.05) is 36.8 Å². The standard InChI is InChI=1S/C11H13F3N2O3/c12-11(13,14)9(18)19-8(17)1-4-16-5-7(15)10(6-16)2-3-10/h1,4,7H,2-3,5-6,15H2/t7-/m1/s1. The van der Waals surface area contributed by atoms with Gasteiger partial charge in [0.05, 0.1) is 0 Å². The molecule has 1 aliphatic heterocycles. The molecule has 2 rings (SSSR count). The van der Waals surface area contributed by atoms with E-state index < -0.39 is 18.1 Å². The van der Waals surface area contributed by atoms with Crippen LogP contribution >= 0.6 is 0 Å². The second-order valence-electron chi connectivity index (χ2n) is 4.92. The highest BCUT2D eigenvalue weighted by atomic mass is 19.4. The Morgan fingerprint density at radius 1 is 1.37 bits per heavy atom. The fourth-order valence-corrected chi connectivity index (χ4v) is 2.19. The second-order valence-corrected chi connectivity index (χ2v) is 4.92. The first kappa shape index (κ1) is 13.9. The van der Waals surface area contributed by atoms with Crippen molar-refractivity contribution >= 4 is 11.9 Å². The largest absolute Gasteiger partial charge is 0.491 e. The van der Waals surface area contributed by atoms with Crippen LogP contribution in [0.25, 0.3) is 0 Å². The molecule has 0 aromatic rings. The van der Waals surface area contributed by atoms with E-state index in [4.69, 9.17) is 5.73 Å². The number of esters is 2. The topological polar surface area (TPSA) is 72.6 Å². The fourth-order valence-electron chi connectivity index (χ4n) is 2.19. The number of likely N-dealkylation sites (tertiary alicyclic amines) is 1. The quantitative estimate of drug-likeness (QED) is 0.454. The lowest BCUT2D eigenvalue weighted by Gasteiger charge is -2.11. The molecule has 0 unspecified atom stereocenters. The van der Waals surface area contributed by atoms with Crippen LogP contribution in [0.5, 0.6) is 0 Å². The third kappa shape index (κ3) is 3.06. The van der Waals surface area contributed by atoms with E-state index in [0.717, 1.165) is 18.9 Å². The van der Waals surface area contributed by atoms with Crippen molar-refractivity contribution in [2.24, 2.45) is 11.1 Å². The summed E-state index contributed by atoms with van der Waals surface area (Å²) in [5.41, 5.74) is 6.01. The first-order valence-electron chi connectivity index (χ1n) is 5.74. The summed E-state index contributed by atoms with van der Waals surface area (Å²) >= 11 is 0. The molecule has 1 saturated heterocycles. The number of ether oxygens (including phenoxy) is 1. The van der Waals surface area contributed by atoms with Gasteiger partial charge in [0.15, 0.2) is 0 Å². The van der Waals surface area contributed by atoms with Gasteiger partial charge in [0.2, 0.25) is 0 Å². The predicted molar refractivity (Wildman–Crippen MR) is 57.5 cm³/mol. The maximum atomic E-state index is 11.8. The number of halogens is 3. The monoisotopic (exact) mass is 278 g/mol. The molecule has 19 heavy (non-hydrogen) atoms. The van der Waals surface area contributed by atoms with E-state index in [-0.39, 0.29) is 11.5 Å². The average molecular weight is 278 g/mol. The highest BCUT2D eigenvalue weighted by Crippen LogP contribution is 2.51. The average Bonchev–Trinajstić information content (AvgIpc) is 2.98. The lowest BCUT2D eigenvalue weighted by atomic mass is 10.0. The molecule has 0 aromatic carbocycles. The molecule has 1 saturated carbocycles. The first-order chi connectivity index (χ1) is 8.73. The van der Waals surface area contributed by atoms with Gasteiger partial charge in [-0.2, -0.15) is 13.2 Å². The number of carbonyl (C=O) groups is 2. The molecular formula is C11H13F3N2O3. The van der Waals surface area contributed by atoms with E-state index in [1.165, 1.54) is 6.20 Å². The summed E-state index contributed by atoms with van der Waals surface area (Å²) in [6, 6.07) is 0.00461. The van der Waals surface area contributed by atoms with Gasteiger partial charge in [-0.05, 0) is 12.8 Å². The summed E-state index contributed by atoms with van der Waals surface area (Å²) < 4.78 is 39.1. The van der Waals surface area contributed by atoms with Gasteiger partial charge in [-0.1, -0.05) is 0 Å². The van der Waals surface area contributed by atoms with E-state index in [2.05, 4.69) is 4.74 Å². The Labute approximate surface area is 107 Å². The van der Waals surface area contributed by atoms with Crippen molar-refractivity contribution in [3.05, 3.63) is 12.3 Å². The Bertz CT molecular complexity index is 429. The predicted octanol–water partition coefficient (Wildman–Crippen LogP) is 0.555. The molecule has 1 heterocycles. The maximum Gasteiger partial charge on any atom is 0.491 e. The highest BCUT2D eigenvalue weighted by molar-refractivity contribution is 5.93. The van der Waals surface area contributed by atoms with Crippen molar-refractivity contribution < 1.29 is 27.5 Å². The van der Waals surface area contributed by atoms with Crippen molar-refractivity contribution in [1.82, 2.24) is 4.90 Å². The van der Waals surface area contributed by atoms with Crippen LogP contribution in [-0.4, -0.2) is 42.1 Å². The SMILES string of the molecule is N[C@@H]1CN(C=CC(=O)OC(=O)C(F)(F)F)CC12CC2. The van der Waals surface area contributed by atoms with E-state index >= 15 is 0 Å². The highest BCUT2D eigenvalue weighted by Gasteiger charge is 2.52. The Hall–Kier alpha value is -1.57. The third-order valence-electron chi connectivity index (χ3n) is 3.47. The number of nitrogens with zero attached hydrogens (tertiary/aromatic N) is 1. The molecule has 106 valence electrons. The van der Waals surface area contributed by atoms with Crippen LogP contribution in [0.2, 0.25) is 0 Å². The Kier molecular flexibility index (Phi) is 3.29. The zero-order valence-corrected chi connectivity index (χ0v) is 9.94. The first-order valence-corrected chi connectivity index (χ1v) is 5.74. The lowest BCUT2D eigenvalue weighted by molar-refractivity contribution is -0.200. The van der Waals surface area contributed by atoms with E-state index in [1.807, 2.05) is 0 Å². The van der Waals surface area contributed by atoms with Crippen molar-refractivity contribution in [3.63, 3.8) is 0 Å². The van der Waals surface area contributed by atoms with Crippen LogP contribution in [0, 0.1) is 5.41 Å². The number of rotatable bonds is 2. The zero-order chi connectivity index (χ0) is 14.3. The molecule has 0 radical (unpaired) electrons. The van der Waals surface area contributed by atoms with E-state index in [1.54, 1.807) is 4.90 Å². The summed E-state index contributed by atoms with van der Waals surface area (Å²) in [6.45, 7) is 1.21. The Morgan fingerprint density at radius 2 is 2.00 bits per heavy atom. The molecule has 1 aliphatic carbocycles. The van der Waals surface area contributed by atoms with Gasteiger partial charge in [-0.3, -0.25) is 0 Å². The number of carbonyl (C=O) groups excluding carboxylic acids is 2. The van der Waals surface area contributed by atoms with Crippen LogP contribution in [0.15, 0.2) is 12.3 Å². The minimum atomic E-state index is -5.17. The molecule has 2 aliphatic rings. The van der Waals surface area contributed by atoms with Crippen molar-refractivity contribution in [2.45, 2.75) is 25.1 Å². The zero-order valence-electron chi connectivity index (χ0n) is 9.94. The van der Waals surface area contributed by atoms with Gasteiger partial charge in [0.25, 0.3) is 0 Å². The smallest absolute Gasteiger partial charge is 0.383 e. The van der Waals surface area contributed by atoms with Crippen molar-refractivity contribution in [1.29, 1.82) is 0 Å².